The molecule has 1 heterocycles. The number of furan rings is 1. The first kappa shape index (κ1) is 13.6. The minimum absolute atomic E-state index is 0.0945. The zero-order valence-electron chi connectivity index (χ0n) is 11.4. The van der Waals surface area contributed by atoms with Crippen molar-refractivity contribution in [1.82, 2.24) is 4.90 Å². The molecule has 4 heteroatoms. The van der Waals surface area contributed by atoms with Crippen LogP contribution in [-0.4, -0.2) is 25.6 Å². The van der Waals surface area contributed by atoms with Gasteiger partial charge in [-0.15, -0.1) is 0 Å². The molecular weight excluding hydrogens is 240 g/mol. The van der Waals surface area contributed by atoms with Crippen LogP contribution in [0.15, 0.2) is 47.1 Å². The van der Waals surface area contributed by atoms with Gasteiger partial charge in [-0.3, -0.25) is 4.90 Å². The van der Waals surface area contributed by atoms with Gasteiger partial charge in [0.1, 0.15) is 11.5 Å². The van der Waals surface area contributed by atoms with Gasteiger partial charge in [-0.2, -0.15) is 0 Å². The lowest BCUT2D eigenvalue weighted by Gasteiger charge is -2.25. The van der Waals surface area contributed by atoms with E-state index in [9.17, 15) is 0 Å². The Balaban J connectivity index is 2.04. The Hall–Kier alpha value is -1.78. The molecule has 102 valence electrons. The summed E-state index contributed by atoms with van der Waals surface area (Å²) in [5.41, 5.74) is 7.06. The van der Waals surface area contributed by atoms with E-state index in [1.807, 2.05) is 31.3 Å². The molecule has 0 aliphatic rings. The van der Waals surface area contributed by atoms with E-state index in [-0.39, 0.29) is 6.04 Å². The van der Waals surface area contributed by atoms with Crippen LogP contribution in [0.4, 0.5) is 0 Å². The molecule has 0 aliphatic heterocycles. The van der Waals surface area contributed by atoms with Crippen molar-refractivity contribution in [3.8, 4) is 5.75 Å². The summed E-state index contributed by atoms with van der Waals surface area (Å²) in [7, 11) is 3.72. The maximum absolute atomic E-state index is 5.84. The van der Waals surface area contributed by atoms with E-state index in [0.717, 1.165) is 18.1 Å². The summed E-state index contributed by atoms with van der Waals surface area (Å²) in [6, 6.07) is 12.0. The van der Waals surface area contributed by atoms with E-state index in [1.165, 1.54) is 5.56 Å². The number of nitrogens with two attached hydrogens (primary N) is 1. The molecule has 0 spiro atoms. The average molecular weight is 260 g/mol. The third-order valence-corrected chi connectivity index (χ3v) is 3.22. The van der Waals surface area contributed by atoms with Crippen molar-refractivity contribution < 1.29 is 9.15 Å². The first-order valence-electron chi connectivity index (χ1n) is 6.31. The average Bonchev–Trinajstić information content (AvgIpc) is 2.94. The second-order valence-electron chi connectivity index (χ2n) is 4.53. The minimum Gasteiger partial charge on any atom is -0.497 e. The molecule has 0 saturated heterocycles. The summed E-state index contributed by atoms with van der Waals surface area (Å²) < 4.78 is 10.6. The molecule has 1 aromatic heterocycles. The monoisotopic (exact) mass is 260 g/mol. The van der Waals surface area contributed by atoms with E-state index in [4.69, 9.17) is 14.9 Å². The van der Waals surface area contributed by atoms with Crippen LogP contribution >= 0.6 is 0 Å². The molecule has 4 nitrogen and oxygen atoms in total. The number of nitrogens with zero attached hydrogens (tertiary/aromatic N) is 1. The highest BCUT2D eigenvalue weighted by Gasteiger charge is 2.18. The summed E-state index contributed by atoms with van der Waals surface area (Å²) in [6.07, 6.45) is 1.68. The lowest BCUT2D eigenvalue weighted by Crippen LogP contribution is -2.29. The number of hydrogen-bond acceptors (Lipinski definition) is 4. The minimum atomic E-state index is 0.0945. The number of likely N-dealkylation sites (N-methyl/N-ethyl adjacent to an activating group) is 1. The van der Waals surface area contributed by atoms with Gasteiger partial charge in [0.15, 0.2) is 0 Å². The lowest BCUT2D eigenvalue weighted by atomic mass is 10.1. The van der Waals surface area contributed by atoms with Gasteiger partial charge in [0.05, 0.1) is 19.4 Å². The van der Waals surface area contributed by atoms with Crippen molar-refractivity contribution in [2.75, 3.05) is 20.7 Å². The number of ether oxygens (including phenoxy) is 1. The van der Waals surface area contributed by atoms with E-state index < -0.39 is 0 Å². The predicted octanol–water partition coefficient (Wildman–Crippen LogP) is 2.42. The van der Waals surface area contributed by atoms with Gasteiger partial charge in [0, 0.05) is 13.1 Å². The fraction of sp³-hybridized carbons (Fsp3) is 0.333. The molecule has 0 bridgehead atoms. The normalized spacial score (nSPS) is 12.6. The van der Waals surface area contributed by atoms with Crippen LogP contribution in [-0.2, 0) is 6.54 Å². The van der Waals surface area contributed by atoms with Gasteiger partial charge in [-0.05, 0) is 36.9 Å². The molecule has 1 aromatic carbocycles. The van der Waals surface area contributed by atoms with Crippen molar-refractivity contribution in [2.24, 2.45) is 5.73 Å². The highest BCUT2D eigenvalue weighted by atomic mass is 16.5. The van der Waals surface area contributed by atoms with Crippen molar-refractivity contribution in [1.29, 1.82) is 0 Å². The third kappa shape index (κ3) is 3.36. The second kappa shape index (κ2) is 6.41. The van der Waals surface area contributed by atoms with E-state index >= 15 is 0 Å². The summed E-state index contributed by atoms with van der Waals surface area (Å²) in [4.78, 5) is 2.18. The Labute approximate surface area is 113 Å². The third-order valence-electron chi connectivity index (χ3n) is 3.22. The molecule has 2 rings (SSSR count). The first-order chi connectivity index (χ1) is 9.24. The fourth-order valence-electron chi connectivity index (χ4n) is 2.12. The number of hydrogen-bond donors (Lipinski definition) is 1. The van der Waals surface area contributed by atoms with Crippen LogP contribution in [0.5, 0.6) is 5.75 Å². The molecule has 0 radical (unpaired) electrons. The molecule has 2 N–H and O–H groups in total. The molecule has 0 fully saturated rings. The first-order valence-corrected chi connectivity index (χ1v) is 6.31. The Kier molecular flexibility index (Phi) is 4.60. The Morgan fingerprint density at radius 1 is 1.26 bits per heavy atom. The SMILES string of the molecule is COc1ccc(CN(C)C(CN)c2ccco2)cc1. The Morgan fingerprint density at radius 2 is 2.00 bits per heavy atom. The molecule has 0 aliphatic carbocycles. The zero-order valence-corrected chi connectivity index (χ0v) is 11.4. The smallest absolute Gasteiger partial charge is 0.122 e. The standard InChI is InChI=1S/C15H20N2O2/c1-17(14(10-16)15-4-3-9-19-15)11-12-5-7-13(18-2)8-6-12/h3-9,14H,10-11,16H2,1-2H3. The van der Waals surface area contributed by atoms with Crippen molar-refractivity contribution in [2.45, 2.75) is 12.6 Å². The highest BCUT2D eigenvalue weighted by Crippen LogP contribution is 2.21. The number of benzene rings is 1. The van der Waals surface area contributed by atoms with Crippen LogP contribution in [0, 0.1) is 0 Å². The predicted molar refractivity (Wildman–Crippen MR) is 75.0 cm³/mol. The zero-order chi connectivity index (χ0) is 13.7. The van der Waals surface area contributed by atoms with E-state index in [1.54, 1.807) is 13.4 Å². The molecule has 2 aromatic rings. The number of rotatable bonds is 6. The van der Waals surface area contributed by atoms with Crippen molar-refractivity contribution >= 4 is 0 Å². The topological polar surface area (TPSA) is 51.6 Å². The van der Waals surface area contributed by atoms with Gasteiger partial charge in [0.25, 0.3) is 0 Å². The molecule has 0 amide bonds. The van der Waals surface area contributed by atoms with Gasteiger partial charge in [-0.25, -0.2) is 0 Å². The molecular formula is C15H20N2O2. The highest BCUT2D eigenvalue weighted by molar-refractivity contribution is 5.27. The summed E-state index contributed by atoms with van der Waals surface area (Å²) >= 11 is 0. The maximum Gasteiger partial charge on any atom is 0.122 e. The van der Waals surface area contributed by atoms with Gasteiger partial charge in [-0.1, -0.05) is 12.1 Å². The van der Waals surface area contributed by atoms with Gasteiger partial charge >= 0.3 is 0 Å². The summed E-state index contributed by atoms with van der Waals surface area (Å²) in [5, 5.41) is 0. The molecule has 19 heavy (non-hydrogen) atoms. The van der Waals surface area contributed by atoms with Crippen molar-refractivity contribution in [3.05, 3.63) is 54.0 Å². The lowest BCUT2D eigenvalue weighted by molar-refractivity contribution is 0.213. The van der Waals surface area contributed by atoms with Crippen LogP contribution in [0.1, 0.15) is 17.4 Å². The fourth-order valence-corrected chi connectivity index (χ4v) is 2.12. The quantitative estimate of drug-likeness (QED) is 0.866. The second-order valence-corrected chi connectivity index (χ2v) is 4.53. The maximum atomic E-state index is 5.84. The van der Waals surface area contributed by atoms with Crippen LogP contribution in [0.25, 0.3) is 0 Å². The van der Waals surface area contributed by atoms with Gasteiger partial charge < -0.3 is 14.9 Å². The van der Waals surface area contributed by atoms with Crippen LogP contribution in [0.3, 0.4) is 0 Å². The molecule has 1 unspecified atom stereocenters. The summed E-state index contributed by atoms with van der Waals surface area (Å²) in [5.74, 6) is 1.77. The number of methoxy groups -OCH3 is 1. The summed E-state index contributed by atoms with van der Waals surface area (Å²) in [6.45, 7) is 1.34. The Morgan fingerprint density at radius 3 is 2.53 bits per heavy atom. The van der Waals surface area contributed by atoms with Crippen LogP contribution in [0.2, 0.25) is 0 Å². The van der Waals surface area contributed by atoms with Gasteiger partial charge in [0.2, 0.25) is 0 Å². The van der Waals surface area contributed by atoms with E-state index in [0.29, 0.717) is 6.54 Å². The van der Waals surface area contributed by atoms with E-state index in [2.05, 4.69) is 17.0 Å². The largest absolute Gasteiger partial charge is 0.497 e. The Bertz CT molecular complexity index is 479. The van der Waals surface area contributed by atoms with Crippen molar-refractivity contribution in [3.63, 3.8) is 0 Å². The molecule has 0 saturated carbocycles. The van der Waals surface area contributed by atoms with Crippen LogP contribution < -0.4 is 10.5 Å². The molecule has 1 atom stereocenters.